The van der Waals surface area contributed by atoms with Crippen molar-refractivity contribution in [1.82, 2.24) is 25.2 Å². The summed E-state index contributed by atoms with van der Waals surface area (Å²) < 4.78 is 16.6. The number of aromatic amines is 1. The maximum Gasteiger partial charge on any atom is 0.354 e. The van der Waals surface area contributed by atoms with Gasteiger partial charge in [-0.3, -0.25) is 9.98 Å². The van der Waals surface area contributed by atoms with Crippen LogP contribution < -0.4 is 27.8 Å². The summed E-state index contributed by atoms with van der Waals surface area (Å²) in [6, 6.07) is 13.0. The summed E-state index contributed by atoms with van der Waals surface area (Å²) in [6.45, 7) is 7.17. The molecule has 0 spiro atoms. The SMILES string of the molecule is C=CC[C@H](NCCCNC(=N)N)c1ccc(-n2cc3cc(-c4cc(CCC[C@H](C)N)cc(Cl)c4F)[nH]c3nc2=O)cc1. The molecule has 0 amide bonds. The maximum absolute atomic E-state index is 15.1. The highest BCUT2D eigenvalue weighted by atomic mass is 35.5. The Morgan fingerprint density at radius 1 is 1.24 bits per heavy atom. The molecule has 42 heavy (non-hydrogen) atoms. The van der Waals surface area contributed by atoms with Crippen molar-refractivity contribution in [1.29, 1.82) is 5.41 Å². The second-order valence-electron chi connectivity index (χ2n) is 10.5. The number of nitrogens with one attached hydrogen (secondary N) is 4. The predicted octanol–water partition coefficient (Wildman–Crippen LogP) is 4.92. The third-order valence-electron chi connectivity index (χ3n) is 7.05. The van der Waals surface area contributed by atoms with E-state index in [-0.39, 0.29) is 23.1 Å². The molecule has 2 aromatic heterocycles. The van der Waals surface area contributed by atoms with E-state index < -0.39 is 11.5 Å². The van der Waals surface area contributed by atoms with Gasteiger partial charge in [0.2, 0.25) is 0 Å². The summed E-state index contributed by atoms with van der Waals surface area (Å²) in [5.41, 5.74) is 14.6. The first kappa shape index (κ1) is 31.0. The van der Waals surface area contributed by atoms with Gasteiger partial charge >= 0.3 is 5.69 Å². The summed E-state index contributed by atoms with van der Waals surface area (Å²) in [6.07, 6.45) is 7.55. The smallest absolute Gasteiger partial charge is 0.354 e. The van der Waals surface area contributed by atoms with Gasteiger partial charge in [-0.1, -0.05) is 29.8 Å². The van der Waals surface area contributed by atoms with Crippen LogP contribution in [0.4, 0.5) is 4.39 Å². The number of H-pyrrole nitrogens is 1. The minimum Gasteiger partial charge on any atom is -0.370 e. The van der Waals surface area contributed by atoms with Crippen LogP contribution in [-0.2, 0) is 6.42 Å². The number of aryl methyl sites for hydroxylation is 1. The first-order chi connectivity index (χ1) is 20.2. The molecule has 0 radical (unpaired) electrons. The molecule has 2 atom stereocenters. The Bertz CT molecular complexity index is 1600. The van der Waals surface area contributed by atoms with E-state index in [1.165, 1.54) is 4.57 Å². The number of rotatable bonds is 14. The number of aromatic nitrogens is 3. The fourth-order valence-corrected chi connectivity index (χ4v) is 5.14. The highest BCUT2D eigenvalue weighted by molar-refractivity contribution is 6.31. The lowest BCUT2D eigenvalue weighted by atomic mass is 10.0. The topological polar surface area (TPSA) is 151 Å². The molecule has 11 heteroatoms. The van der Waals surface area contributed by atoms with Gasteiger partial charge in [-0.05, 0) is 87.0 Å². The summed E-state index contributed by atoms with van der Waals surface area (Å²) in [7, 11) is 0. The van der Waals surface area contributed by atoms with E-state index in [4.69, 9.17) is 28.5 Å². The van der Waals surface area contributed by atoms with Gasteiger partial charge in [-0.25, -0.2) is 9.18 Å². The Balaban J connectivity index is 1.55. The van der Waals surface area contributed by atoms with Gasteiger partial charge in [0.15, 0.2) is 11.8 Å². The van der Waals surface area contributed by atoms with Crippen LogP contribution in [0.15, 0.2) is 66.1 Å². The lowest BCUT2D eigenvalue weighted by Gasteiger charge is -2.18. The van der Waals surface area contributed by atoms with Gasteiger partial charge in [0.25, 0.3) is 0 Å². The number of nitrogens with two attached hydrogens (primary N) is 2. The fourth-order valence-electron chi connectivity index (χ4n) is 4.90. The normalized spacial score (nSPS) is 12.8. The van der Waals surface area contributed by atoms with Crippen LogP contribution in [0.1, 0.15) is 49.8 Å². The van der Waals surface area contributed by atoms with Crippen LogP contribution in [0.5, 0.6) is 0 Å². The van der Waals surface area contributed by atoms with Gasteiger partial charge < -0.3 is 27.1 Å². The molecule has 4 aromatic rings. The Morgan fingerprint density at radius 3 is 2.69 bits per heavy atom. The number of benzene rings is 2. The van der Waals surface area contributed by atoms with Crippen molar-refractivity contribution in [3.05, 3.63) is 93.8 Å². The zero-order valence-electron chi connectivity index (χ0n) is 23.7. The van der Waals surface area contributed by atoms with Crippen molar-refractivity contribution in [3.8, 4) is 16.9 Å². The number of hydrogen-bond donors (Lipinski definition) is 6. The minimum atomic E-state index is -0.525. The molecule has 0 saturated carbocycles. The van der Waals surface area contributed by atoms with Crippen LogP contribution in [0.25, 0.3) is 28.0 Å². The average Bonchev–Trinajstić information content (AvgIpc) is 3.36. The van der Waals surface area contributed by atoms with Crippen LogP contribution in [0.3, 0.4) is 0 Å². The molecule has 0 bridgehead atoms. The first-order valence-corrected chi connectivity index (χ1v) is 14.4. The molecular formula is C31H38ClFN8O. The molecular weight excluding hydrogens is 555 g/mol. The maximum atomic E-state index is 15.1. The molecule has 0 unspecified atom stereocenters. The van der Waals surface area contributed by atoms with Crippen molar-refractivity contribution >= 4 is 28.6 Å². The van der Waals surface area contributed by atoms with Crippen LogP contribution in [0.2, 0.25) is 5.02 Å². The lowest BCUT2D eigenvalue weighted by molar-refractivity contribution is 0.525. The van der Waals surface area contributed by atoms with Crippen LogP contribution >= 0.6 is 11.6 Å². The minimum absolute atomic E-state index is 0.0402. The van der Waals surface area contributed by atoms with Crippen molar-refractivity contribution in [2.75, 3.05) is 13.1 Å². The third kappa shape index (κ3) is 7.84. The molecule has 0 aliphatic heterocycles. The van der Waals surface area contributed by atoms with E-state index in [9.17, 15) is 4.79 Å². The van der Waals surface area contributed by atoms with Gasteiger partial charge in [-0.15, -0.1) is 6.58 Å². The molecule has 222 valence electrons. The molecule has 8 N–H and O–H groups in total. The number of nitrogens with zero attached hydrogens (tertiary/aromatic N) is 2. The molecule has 4 rings (SSSR count). The van der Waals surface area contributed by atoms with E-state index in [1.807, 2.05) is 37.3 Å². The van der Waals surface area contributed by atoms with Gasteiger partial charge in [-0.2, -0.15) is 4.98 Å². The van der Waals surface area contributed by atoms with E-state index in [0.29, 0.717) is 34.5 Å². The zero-order valence-corrected chi connectivity index (χ0v) is 24.5. The average molecular weight is 593 g/mol. The van der Waals surface area contributed by atoms with E-state index in [2.05, 4.69) is 27.2 Å². The molecule has 0 saturated heterocycles. The molecule has 2 heterocycles. The lowest BCUT2D eigenvalue weighted by Crippen LogP contribution is -2.33. The summed E-state index contributed by atoms with van der Waals surface area (Å²) in [4.78, 5) is 20.3. The van der Waals surface area contributed by atoms with Gasteiger partial charge in [0.1, 0.15) is 5.65 Å². The van der Waals surface area contributed by atoms with Crippen LogP contribution in [-0.4, -0.2) is 39.6 Å². The molecule has 0 fully saturated rings. The quantitative estimate of drug-likeness (QED) is 0.0529. The van der Waals surface area contributed by atoms with Crippen molar-refractivity contribution < 1.29 is 4.39 Å². The Labute approximate surface area is 249 Å². The molecule has 0 aliphatic rings. The number of fused-ring (bicyclic) bond motifs is 1. The number of guanidine groups is 1. The Morgan fingerprint density at radius 2 is 2.00 bits per heavy atom. The van der Waals surface area contributed by atoms with Crippen molar-refractivity contribution in [2.24, 2.45) is 11.5 Å². The predicted molar refractivity (Wildman–Crippen MR) is 169 cm³/mol. The van der Waals surface area contributed by atoms with E-state index >= 15 is 4.39 Å². The van der Waals surface area contributed by atoms with Crippen molar-refractivity contribution in [3.63, 3.8) is 0 Å². The Kier molecular flexibility index (Phi) is 10.5. The monoisotopic (exact) mass is 592 g/mol. The van der Waals surface area contributed by atoms with Gasteiger partial charge in [0.05, 0.1) is 16.4 Å². The standard InChI is InChI=1S/C31H38ClFN8O/c1-3-6-26(37-13-5-14-38-30(35)36)21-9-11-23(12-10-21)41-18-22-17-27(39-29(22)40-31(41)42)24-15-20(8-4-7-19(2)34)16-25(32)28(24)33/h3,9-12,15-19,26,37H,1,4-8,13-14,34H2,2H3,(H4,35,36,38)(H,39,40,42)/t19-,26-/m0/s1. The summed E-state index contributed by atoms with van der Waals surface area (Å²) >= 11 is 6.24. The van der Waals surface area contributed by atoms with Gasteiger partial charge in [0, 0.05) is 35.8 Å². The van der Waals surface area contributed by atoms with Crippen LogP contribution in [0, 0.1) is 11.2 Å². The van der Waals surface area contributed by atoms with E-state index in [0.717, 1.165) is 49.8 Å². The fraction of sp³-hybridized carbons (Fsp3) is 0.323. The second-order valence-corrected chi connectivity index (χ2v) is 10.9. The Hall–Kier alpha value is -3.99. The zero-order chi connectivity index (χ0) is 30.2. The molecule has 0 aliphatic carbocycles. The highest BCUT2D eigenvalue weighted by Gasteiger charge is 2.16. The second kappa shape index (κ2) is 14.3. The summed E-state index contributed by atoms with van der Waals surface area (Å²) in [5.74, 6) is -0.565. The summed E-state index contributed by atoms with van der Waals surface area (Å²) in [5, 5.41) is 14.2. The number of halogens is 2. The van der Waals surface area contributed by atoms with E-state index in [1.54, 1.807) is 24.4 Å². The number of hydrogen-bond acceptors (Lipinski definition) is 5. The van der Waals surface area contributed by atoms with Crippen molar-refractivity contribution in [2.45, 2.75) is 51.1 Å². The third-order valence-corrected chi connectivity index (χ3v) is 7.32. The first-order valence-electron chi connectivity index (χ1n) is 14.0. The highest BCUT2D eigenvalue weighted by Crippen LogP contribution is 2.31. The molecule has 2 aromatic carbocycles. The largest absolute Gasteiger partial charge is 0.370 e. The molecule has 9 nitrogen and oxygen atoms in total.